The van der Waals surface area contributed by atoms with E-state index in [0.29, 0.717) is 12.5 Å². The Bertz CT molecular complexity index is 1170. The van der Waals surface area contributed by atoms with Crippen LogP contribution in [0.5, 0.6) is 0 Å². The average molecular weight is 371 g/mol. The van der Waals surface area contributed by atoms with E-state index in [4.69, 9.17) is 0 Å². The Labute approximate surface area is 164 Å². The van der Waals surface area contributed by atoms with E-state index in [0.717, 1.165) is 35.9 Å². The van der Waals surface area contributed by atoms with Crippen molar-refractivity contribution in [1.29, 1.82) is 0 Å². The molecule has 0 fully saturated rings. The number of aromatic nitrogens is 2. The first-order chi connectivity index (χ1) is 13.7. The molecule has 0 radical (unpaired) electrons. The van der Waals surface area contributed by atoms with Gasteiger partial charge in [0.05, 0.1) is 0 Å². The molecule has 1 unspecified atom stereocenters. The Kier molecular flexibility index (Phi) is 4.19. The molecule has 0 saturated carbocycles. The molecule has 3 N–H and O–H groups in total. The largest absolute Gasteiger partial charge is 0.361 e. The van der Waals surface area contributed by atoms with Crippen LogP contribution in [0.15, 0.2) is 48.7 Å². The first-order valence-corrected chi connectivity index (χ1v) is 10.2. The lowest BCUT2D eigenvalue weighted by Crippen LogP contribution is -2.25. The molecule has 1 amide bonds. The van der Waals surface area contributed by atoms with E-state index >= 15 is 0 Å². The zero-order valence-corrected chi connectivity index (χ0v) is 16.1. The third kappa shape index (κ3) is 2.99. The normalized spacial score (nSPS) is 16.4. The van der Waals surface area contributed by atoms with Gasteiger partial charge in [-0.15, -0.1) is 0 Å². The van der Waals surface area contributed by atoms with Gasteiger partial charge in [-0.25, -0.2) is 0 Å². The molecular formula is C24H25N3O. The minimum atomic E-state index is 0.000508. The number of para-hydroxylation sites is 1. The van der Waals surface area contributed by atoms with Gasteiger partial charge in [0, 0.05) is 45.8 Å². The van der Waals surface area contributed by atoms with Gasteiger partial charge in [0.15, 0.2) is 0 Å². The Morgan fingerprint density at radius 3 is 2.96 bits per heavy atom. The summed E-state index contributed by atoms with van der Waals surface area (Å²) in [5.74, 6) is 0.709. The van der Waals surface area contributed by atoms with Crippen LogP contribution in [0.2, 0.25) is 0 Å². The van der Waals surface area contributed by atoms with E-state index in [1.54, 1.807) is 0 Å². The van der Waals surface area contributed by atoms with Gasteiger partial charge < -0.3 is 15.3 Å². The fourth-order valence-corrected chi connectivity index (χ4v) is 4.48. The Balaban J connectivity index is 1.31. The molecule has 0 saturated heterocycles. The fourth-order valence-electron chi connectivity index (χ4n) is 4.48. The maximum absolute atomic E-state index is 12.7. The quantitative estimate of drug-likeness (QED) is 0.476. The highest BCUT2D eigenvalue weighted by Crippen LogP contribution is 2.32. The smallest absolute Gasteiger partial charge is 0.251 e. The topological polar surface area (TPSA) is 60.7 Å². The summed E-state index contributed by atoms with van der Waals surface area (Å²) < 4.78 is 0. The van der Waals surface area contributed by atoms with Crippen molar-refractivity contribution in [2.45, 2.75) is 32.6 Å². The zero-order valence-electron chi connectivity index (χ0n) is 16.1. The van der Waals surface area contributed by atoms with Gasteiger partial charge in [-0.3, -0.25) is 4.79 Å². The van der Waals surface area contributed by atoms with Crippen molar-refractivity contribution in [3.63, 3.8) is 0 Å². The minimum absolute atomic E-state index is 0.000508. The van der Waals surface area contributed by atoms with Crippen LogP contribution >= 0.6 is 0 Å². The van der Waals surface area contributed by atoms with Crippen LogP contribution in [0.1, 0.15) is 40.5 Å². The van der Waals surface area contributed by atoms with Crippen molar-refractivity contribution in [1.82, 2.24) is 15.3 Å². The predicted molar refractivity (Wildman–Crippen MR) is 114 cm³/mol. The minimum Gasteiger partial charge on any atom is -0.361 e. The number of aromatic amines is 2. The summed E-state index contributed by atoms with van der Waals surface area (Å²) in [6.45, 7) is 2.93. The Morgan fingerprint density at radius 1 is 1.14 bits per heavy atom. The summed E-state index contributed by atoms with van der Waals surface area (Å²) >= 11 is 0. The lowest BCUT2D eigenvalue weighted by Gasteiger charge is -2.18. The highest BCUT2D eigenvalue weighted by molar-refractivity contribution is 5.99. The molecule has 4 aromatic rings. The van der Waals surface area contributed by atoms with Crippen LogP contribution in [0.25, 0.3) is 21.8 Å². The number of hydrogen-bond donors (Lipinski definition) is 3. The van der Waals surface area contributed by atoms with Gasteiger partial charge in [0.1, 0.15) is 0 Å². The first-order valence-electron chi connectivity index (χ1n) is 10.2. The molecule has 1 aliphatic carbocycles. The lowest BCUT2D eigenvalue weighted by molar-refractivity contribution is 0.0954. The number of hydrogen-bond acceptors (Lipinski definition) is 1. The standard InChI is InChI=1S/C24H25N3O/c1-15-6-8-22-19(12-15)20-13-16(7-9-23(20)27-22)24(28)25-11-10-17-14-26-21-5-3-2-4-18(17)21/h2-5,7,9,13-15,26-27H,6,8,10-12H2,1H3,(H,25,28). The summed E-state index contributed by atoms with van der Waals surface area (Å²) in [6, 6.07) is 14.3. The van der Waals surface area contributed by atoms with Gasteiger partial charge in [0.2, 0.25) is 0 Å². The lowest BCUT2D eigenvalue weighted by atomic mass is 9.87. The molecule has 4 nitrogen and oxygen atoms in total. The zero-order chi connectivity index (χ0) is 19.1. The molecule has 2 aromatic heterocycles. The number of nitrogens with one attached hydrogen (secondary N) is 3. The van der Waals surface area contributed by atoms with Crippen molar-refractivity contribution in [3.05, 3.63) is 71.0 Å². The molecule has 5 rings (SSSR count). The molecule has 142 valence electrons. The van der Waals surface area contributed by atoms with Crippen LogP contribution in [0.3, 0.4) is 0 Å². The molecular weight excluding hydrogens is 346 g/mol. The maximum atomic E-state index is 12.7. The number of H-pyrrole nitrogens is 2. The van der Waals surface area contributed by atoms with Gasteiger partial charge in [-0.1, -0.05) is 25.1 Å². The number of amides is 1. The molecule has 0 spiro atoms. The van der Waals surface area contributed by atoms with Gasteiger partial charge in [0.25, 0.3) is 5.91 Å². The summed E-state index contributed by atoms with van der Waals surface area (Å²) in [7, 11) is 0. The van der Waals surface area contributed by atoms with Crippen molar-refractivity contribution in [2.75, 3.05) is 6.54 Å². The molecule has 0 bridgehead atoms. The summed E-state index contributed by atoms with van der Waals surface area (Å²) in [5.41, 5.74) is 7.02. The predicted octanol–water partition coefficient (Wildman–Crippen LogP) is 4.75. The summed E-state index contributed by atoms with van der Waals surface area (Å²) in [6.07, 6.45) is 6.30. The van der Waals surface area contributed by atoms with Crippen LogP contribution in [-0.2, 0) is 19.3 Å². The fraction of sp³-hybridized carbons (Fsp3) is 0.292. The number of aryl methyl sites for hydroxylation is 1. The van der Waals surface area contributed by atoms with E-state index in [1.165, 1.54) is 34.0 Å². The van der Waals surface area contributed by atoms with Gasteiger partial charge in [-0.05, 0) is 67.0 Å². The average Bonchev–Trinajstić information content (AvgIpc) is 3.29. The number of benzene rings is 2. The van der Waals surface area contributed by atoms with Crippen molar-refractivity contribution >= 4 is 27.7 Å². The molecule has 4 heteroatoms. The van der Waals surface area contributed by atoms with Crippen molar-refractivity contribution in [2.24, 2.45) is 5.92 Å². The third-order valence-corrected chi connectivity index (χ3v) is 6.05. The Hall–Kier alpha value is -3.01. The molecule has 2 aromatic carbocycles. The number of carbonyl (C=O) groups is 1. The van der Waals surface area contributed by atoms with Gasteiger partial charge in [-0.2, -0.15) is 0 Å². The monoisotopic (exact) mass is 371 g/mol. The molecule has 1 aliphatic rings. The molecule has 2 heterocycles. The SMILES string of the molecule is CC1CCc2[nH]c3ccc(C(=O)NCCc4c[nH]c5ccccc45)cc3c2C1. The van der Waals surface area contributed by atoms with Crippen LogP contribution in [0.4, 0.5) is 0 Å². The number of fused-ring (bicyclic) bond motifs is 4. The molecule has 1 atom stereocenters. The van der Waals surface area contributed by atoms with Crippen molar-refractivity contribution < 1.29 is 4.79 Å². The van der Waals surface area contributed by atoms with E-state index in [1.807, 2.05) is 30.5 Å². The second-order valence-electron chi connectivity index (χ2n) is 8.06. The van der Waals surface area contributed by atoms with Crippen LogP contribution in [-0.4, -0.2) is 22.4 Å². The Morgan fingerprint density at radius 2 is 2.04 bits per heavy atom. The molecule has 0 aliphatic heterocycles. The first kappa shape index (κ1) is 17.1. The van der Waals surface area contributed by atoms with E-state index in [9.17, 15) is 4.79 Å². The van der Waals surface area contributed by atoms with Crippen LogP contribution < -0.4 is 5.32 Å². The highest BCUT2D eigenvalue weighted by Gasteiger charge is 2.20. The third-order valence-electron chi connectivity index (χ3n) is 6.05. The summed E-state index contributed by atoms with van der Waals surface area (Å²) in [4.78, 5) is 19.5. The molecule has 28 heavy (non-hydrogen) atoms. The van der Waals surface area contributed by atoms with E-state index in [2.05, 4.69) is 40.4 Å². The van der Waals surface area contributed by atoms with Crippen molar-refractivity contribution in [3.8, 4) is 0 Å². The second kappa shape index (κ2) is 6.86. The number of rotatable bonds is 4. The van der Waals surface area contributed by atoms with E-state index < -0.39 is 0 Å². The summed E-state index contributed by atoms with van der Waals surface area (Å²) in [5, 5.41) is 5.53. The van der Waals surface area contributed by atoms with Gasteiger partial charge >= 0.3 is 0 Å². The van der Waals surface area contributed by atoms with Crippen LogP contribution in [0, 0.1) is 5.92 Å². The van der Waals surface area contributed by atoms with E-state index in [-0.39, 0.29) is 5.91 Å². The highest BCUT2D eigenvalue weighted by atomic mass is 16.1. The second-order valence-corrected chi connectivity index (χ2v) is 8.06. The maximum Gasteiger partial charge on any atom is 0.251 e. The number of carbonyl (C=O) groups excluding carboxylic acids is 1.